The van der Waals surface area contributed by atoms with Crippen molar-refractivity contribution in [2.24, 2.45) is 4.99 Å². The molecule has 8 heteroatoms. The van der Waals surface area contributed by atoms with Crippen LogP contribution in [0.5, 0.6) is 5.88 Å². The third-order valence-corrected chi connectivity index (χ3v) is 3.17. The largest absolute Gasteiger partial charge is 0.468 e. The predicted octanol–water partition coefficient (Wildman–Crippen LogP) is 2.89. The third kappa shape index (κ3) is 7.11. The van der Waals surface area contributed by atoms with E-state index in [1.54, 1.807) is 13.1 Å². The Bertz CT molecular complexity index is 673. The van der Waals surface area contributed by atoms with Crippen LogP contribution in [0, 0.1) is 0 Å². The van der Waals surface area contributed by atoms with Crippen LogP contribution in [0.3, 0.4) is 0 Å². The van der Waals surface area contributed by atoms with Crippen molar-refractivity contribution < 1.29 is 17.9 Å². The number of benzene rings is 1. The molecule has 0 unspecified atom stereocenters. The molecule has 0 aliphatic rings. The van der Waals surface area contributed by atoms with Gasteiger partial charge in [-0.05, 0) is 11.1 Å². The molecule has 2 N–H and O–H groups in total. The van der Waals surface area contributed by atoms with Gasteiger partial charge in [0, 0.05) is 32.4 Å². The highest BCUT2D eigenvalue weighted by atomic mass is 19.4. The lowest BCUT2D eigenvalue weighted by atomic mass is 10.2. The SMILES string of the molecule is CN=C(NCc1ccccc1)NCc1ccc(OCC(F)(F)F)nc1. The highest BCUT2D eigenvalue weighted by Gasteiger charge is 2.28. The van der Waals surface area contributed by atoms with Crippen LogP contribution < -0.4 is 15.4 Å². The fourth-order valence-electron chi connectivity index (χ4n) is 1.94. The summed E-state index contributed by atoms with van der Waals surface area (Å²) in [5, 5.41) is 6.28. The molecular weight excluding hydrogens is 333 g/mol. The maximum Gasteiger partial charge on any atom is 0.422 e. The number of alkyl halides is 3. The molecule has 134 valence electrons. The minimum atomic E-state index is -4.38. The topological polar surface area (TPSA) is 58.5 Å². The van der Waals surface area contributed by atoms with Crippen molar-refractivity contribution in [1.29, 1.82) is 0 Å². The van der Waals surface area contributed by atoms with Crippen molar-refractivity contribution in [2.75, 3.05) is 13.7 Å². The number of nitrogens with one attached hydrogen (secondary N) is 2. The summed E-state index contributed by atoms with van der Waals surface area (Å²) in [6, 6.07) is 12.9. The maximum absolute atomic E-state index is 12.1. The van der Waals surface area contributed by atoms with Gasteiger partial charge in [0.15, 0.2) is 12.6 Å². The van der Waals surface area contributed by atoms with Gasteiger partial charge in [0.05, 0.1) is 0 Å². The molecule has 0 spiro atoms. The van der Waals surface area contributed by atoms with Gasteiger partial charge in [0.25, 0.3) is 0 Å². The van der Waals surface area contributed by atoms with Crippen molar-refractivity contribution in [3.63, 3.8) is 0 Å². The van der Waals surface area contributed by atoms with E-state index >= 15 is 0 Å². The highest BCUT2D eigenvalue weighted by molar-refractivity contribution is 5.79. The molecule has 1 heterocycles. The first-order valence-electron chi connectivity index (χ1n) is 7.59. The van der Waals surface area contributed by atoms with Crippen LogP contribution in [0.25, 0.3) is 0 Å². The Labute approximate surface area is 144 Å². The maximum atomic E-state index is 12.1. The van der Waals surface area contributed by atoms with E-state index < -0.39 is 12.8 Å². The van der Waals surface area contributed by atoms with Gasteiger partial charge >= 0.3 is 6.18 Å². The van der Waals surface area contributed by atoms with Gasteiger partial charge in [-0.3, -0.25) is 4.99 Å². The second-order valence-corrected chi connectivity index (χ2v) is 5.17. The van der Waals surface area contributed by atoms with Gasteiger partial charge in [-0.25, -0.2) is 4.98 Å². The normalized spacial score (nSPS) is 11.9. The number of aliphatic imine (C=N–C) groups is 1. The number of ether oxygens (including phenoxy) is 1. The van der Waals surface area contributed by atoms with E-state index in [0.29, 0.717) is 19.0 Å². The first-order chi connectivity index (χ1) is 12.0. The zero-order valence-electron chi connectivity index (χ0n) is 13.7. The summed E-state index contributed by atoms with van der Waals surface area (Å²) < 4.78 is 40.8. The molecule has 0 saturated carbocycles. The smallest absolute Gasteiger partial charge is 0.422 e. The van der Waals surface area contributed by atoms with Gasteiger partial charge in [-0.15, -0.1) is 0 Å². The number of hydrogen-bond acceptors (Lipinski definition) is 3. The molecule has 0 amide bonds. The van der Waals surface area contributed by atoms with Crippen molar-refractivity contribution in [1.82, 2.24) is 15.6 Å². The summed E-state index contributed by atoms with van der Waals surface area (Å²) in [6.45, 7) is -0.294. The zero-order chi connectivity index (χ0) is 18.1. The summed E-state index contributed by atoms with van der Waals surface area (Å²) in [5.74, 6) is 0.550. The van der Waals surface area contributed by atoms with Crippen LogP contribution >= 0.6 is 0 Å². The van der Waals surface area contributed by atoms with Crippen LogP contribution in [0.2, 0.25) is 0 Å². The quantitative estimate of drug-likeness (QED) is 0.620. The first kappa shape index (κ1) is 18.6. The molecule has 5 nitrogen and oxygen atoms in total. The summed E-state index contributed by atoms with van der Waals surface area (Å²) in [5.41, 5.74) is 1.92. The minimum absolute atomic E-state index is 0.0624. The zero-order valence-corrected chi connectivity index (χ0v) is 13.7. The molecule has 2 aromatic rings. The summed E-state index contributed by atoms with van der Waals surface area (Å²) in [6.07, 6.45) is -2.91. The second-order valence-electron chi connectivity index (χ2n) is 5.17. The predicted molar refractivity (Wildman–Crippen MR) is 89.3 cm³/mol. The van der Waals surface area contributed by atoms with Gasteiger partial charge in [0.2, 0.25) is 5.88 Å². The van der Waals surface area contributed by atoms with E-state index in [9.17, 15) is 13.2 Å². The van der Waals surface area contributed by atoms with Crippen LogP contribution in [0.15, 0.2) is 53.7 Å². The monoisotopic (exact) mass is 352 g/mol. The van der Waals surface area contributed by atoms with E-state index in [4.69, 9.17) is 0 Å². The molecule has 0 fully saturated rings. The Morgan fingerprint density at radius 3 is 2.28 bits per heavy atom. The highest BCUT2D eigenvalue weighted by Crippen LogP contribution is 2.16. The lowest BCUT2D eigenvalue weighted by molar-refractivity contribution is -0.154. The van der Waals surface area contributed by atoms with E-state index in [1.165, 1.54) is 12.3 Å². The molecule has 2 rings (SSSR count). The number of guanidine groups is 1. The summed E-state index contributed by atoms with van der Waals surface area (Å²) in [4.78, 5) is 7.97. The molecule has 0 radical (unpaired) electrons. The number of nitrogens with zero attached hydrogens (tertiary/aromatic N) is 2. The van der Waals surface area contributed by atoms with Crippen LogP contribution in [0.4, 0.5) is 13.2 Å². The minimum Gasteiger partial charge on any atom is -0.468 e. The van der Waals surface area contributed by atoms with Gasteiger partial charge in [0.1, 0.15) is 0 Å². The molecular formula is C17H19F3N4O. The third-order valence-electron chi connectivity index (χ3n) is 3.17. The van der Waals surface area contributed by atoms with Crippen LogP contribution in [0.1, 0.15) is 11.1 Å². The Hall–Kier alpha value is -2.77. The lowest BCUT2D eigenvalue weighted by Crippen LogP contribution is -2.36. The van der Waals surface area contributed by atoms with Crippen molar-refractivity contribution in [3.8, 4) is 5.88 Å². The molecule has 1 aromatic carbocycles. The summed E-state index contributed by atoms with van der Waals surface area (Å²) >= 11 is 0. The number of halogens is 3. The molecule has 0 atom stereocenters. The van der Waals surface area contributed by atoms with Gasteiger partial charge < -0.3 is 15.4 Å². The Morgan fingerprint density at radius 2 is 1.72 bits per heavy atom. The molecule has 0 aliphatic carbocycles. The fourth-order valence-corrected chi connectivity index (χ4v) is 1.94. The number of aromatic nitrogens is 1. The van der Waals surface area contributed by atoms with Crippen molar-refractivity contribution in [3.05, 3.63) is 59.8 Å². The van der Waals surface area contributed by atoms with E-state index in [2.05, 4.69) is 25.3 Å². The molecule has 0 bridgehead atoms. The van der Waals surface area contributed by atoms with E-state index in [1.807, 2.05) is 30.3 Å². The molecule has 1 aromatic heterocycles. The molecule has 0 aliphatic heterocycles. The standard InChI is InChI=1S/C17H19F3N4O/c1-21-16(23-9-13-5-3-2-4-6-13)24-11-14-7-8-15(22-10-14)25-12-17(18,19)20/h2-8,10H,9,11-12H2,1H3,(H2,21,23,24). The average molecular weight is 352 g/mol. The molecule has 25 heavy (non-hydrogen) atoms. The van der Waals surface area contributed by atoms with Crippen LogP contribution in [-0.2, 0) is 13.1 Å². The Morgan fingerprint density at radius 1 is 1.04 bits per heavy atom. The van der Waals surface area contributed by atoms with Crippen molar-refractivity contribution >= 4 is 5.96 Å². The first-order valence-corrected chi connectivity index (χ1v) is 7.59. The fraction of sp³-hybridized carbons (Fsp3) is 0.294. The molecule has 0 saturated heterocycles. The van der Waals surface area contributed by atoms with Gasteiger partial charge in [-0.2, -0.15) is 13.2 Å². The Kier molecular flexibility index (Phi) is 6.62. The number of pyridine rings is 1. The number of rotatable bonds is 6. The number of hydrogen-bond donors (Lipinski definition) is 2. The summed E-state index contributed by atoms with van der Waals surface area (Å²) in [7, 11) is 1.66. The van der Waals surface area contributed by atoms with E-state index in [0.717, 1.165) is 11.1 Å². The van der Waals surface area contributed by atoms with E-state index in [-0.39, 0.29) is 5.88 Å². The average Bonchev–Trinajstić information content (AvgIpc) is 2.61. The lowest BCUT2D eigenvalue weighted by Gasteiger charge is -2.12. The second kappa shape index (κ2) is 8.91. The van der Waals surface area contributed by atoms with Crippen LogP contribution in [-0.4, -0.2) is 30.8 Å². The van der Waals surface area contributed by atoms with Gasteiger partial charge in [-0.1, -0.05) is 36.4 Å². The van der Waals surface area contributed by atoms with Crippen molar-refractivity contribution in [2.45, 2.75) is 19.3 Å². The Balaban J connectivity index is 1.79.